The predicted octanol–water partition coefficient (Wildman–Crippen LogP) is 2.92. The number of methoxy groups -OCH3 is 1. The van der Waals surface area contributed by atoms with E-state index in [4.69, 9.17) is 9.84 Å². The molecule has 0 radical (unpaired) electrons. The number of carbonyl (C=O) groups is 1. The molecular weight excluding hydrogens is 384 g/mol. The molecule has 1 saturated heterocycles. The van der Waals surface area contributed by atoms with E-state index in [1.807, 2.05) is 4.90 Å². The lowest BCUT2D eigenvalue weighted by Gasteiger charge is -2.35. The SMILES string of the molecule is COc1ccc(CN2CCN(CC(F)(F)F)CC2)cc1C(=O)O.Cl.Cl. The second-order valence-corrected chi connectivity index (χ2v) is 5.51. The van der Waals surface area contributed by atoms with Gasteiger partial charge in [0.15, 0.2) is 0 Å². The van der Waals surface area contributed by atoms with Gasteiger partial charge in [-0.2, -0.15) is 13.2 Å². The van der Waals surface area contributed by atoms with Gasteiger partial charge in [0.25, 0.3) is 0 Å². The highest BCUT2D eigenvalue weighted by molar-refractivity contribution is 5.91. The van der Waals surface area contributed by atoms with E-state index in [1.165, 1.54) is 12.0 Å². The topological polar surface area (TPSA) is 53.0 Å². The molecule has 0 unspecified atom stereocenters. The summed E-state index contributed by atoms with van der Waals surface area (Å²) in [7, 11) is 1.40. The van der Waals surface area contributed by atoms with Gasteiger partial charge < -0.3 is 9.84 Å². The molecule has 0 aliphatic carbocycles. The molecule has 0 saturated carbocycles. The standard InChI is InChI=1S/C15H19F3N2O3.2ClH/c1-23-13-3-2-11(8-12(13)14(21)22)9-19-4-6-20(7-5-19)10-15(16,17)18;;/h2-3,8H,4-7,9-10H2,1H3,(H,21,22);2*1H. The van der Waals surface area contributed by atoms with Gasteiger partial charge in [-0.05, 0) is 17.7 Å². The Morgan fingerprint density at radius 2 is 1.72 bits per heavy atom. The van der Waals surface area contributed by atoms with Gasteiger partial charge in [-0.15, -0.1) is 24.8 Å². The highest BCUT2D eigenvalue weighted by Crippen LogP contribution is 2.22. The molecule has 1 aliphatic rings. The average Bonchev–Trinajstić information content (AvgIpc) is 2.47. The van der Waals surface area contributed by atoms with Gasteiger partial charge in [-0.1, -0.05) is 6.07 Å². The largest absolute Gasteiger partial charge is 0.496 e. The van der Waals surface area contributed by atoms with Crippen molar-refractivity contribution in [2.45, 2.75) is 12.7 Å². The maximum Gasteiger partial charge on any atom is 0.401 e. The molecule has 10 heteroatoms. The van der Waals surface area contributed by atoms with Crippen LogP contribution in [0, 0.1) is 0 Å². The Labute approximate surface area is 156 Å². The second-order valence-electron chi connectivity index (χ2n) is 5.51. The van der Waals surface area contributed by atoms with E-state index in [1.54, 1.807) is 18.2 Å². The molecule has 1 aliphatic heterocycles. The maximum atomic E-state index is 12.4. The lowest BCUT2D eigenvalue weighted by molar-refractivity contribution is -0.149. The van der Waals surface area contributed by atoms with Gasteiger partial charge in [0.2, 0.25) is 0 Å². The Hall–Kier alpha value is -1.22. The second kappa shape index (κ2) is 10.1. The van der Waals surface area contributed by atoms with Crippen LogP contribution in [0.25, 0.3) is 0 Å². The van der Waals surface area contributed by atoms with Crippen LogP contribution in [-0.4, -0.2) is 66.9 Å². The summed E-state index contributed by atoms with van der Waals surface area (Å²) in [5.74, 6) is -0.782. The molecule has 0 aromatic heterocycles. The molecule has 144 valence electrons. The van der Waals surface area contributed by atoms with E-state index in [2.05, 4.69) is 0 Å². The molecule has 1 heterocycles. The molecule has 2 rings (SSSR count). The molecule has 0 amide bonds. The van der Waals surface area contributed by atoms with Gasteiger partial charge >= 0.3 is 12.1 Å². The minimum atomic E-state index is -4.17. The fraction of sp³-hybridized carbons (Fsp3) is 0.533. The normalized spacial score (nSPS) is 15.8. The number of benzene rings is 1. The van der Waals surface area contributed by atoms with Crippen LogP contribution in [0.4, 0.5) is 13.2 Å². The molecule has 1 N–H and O–H groups in total. The number of carboxylic acids is 1. The van der Waals surface area contributed by atoms with Gasteiger partial charge in [0, 0.05) is 32.7 Å². The molecule has 0 spiro atoms. The molecular formula is C15H21Cl2F3N2O3. The Morgan fingerprint density at radius 3 is 2.20 bits per heavy atom. The molecule has 0 atom stereocenters. The minimum absolute atomic E-state index is 0. The Balaban J connectivity index is 0.00000288. The molecule has 0 bridgehead atoms. The van der Waals surface area contributed by atoms with E-state index in [9.17, 15) is 18.0 Å². The summed E-state index contributed by atoms with van der Waals surface area (Å²) in [6.45, 7) is 1.36. The molecule has 25 heavy (non-hydrogen) atoms. The number of aromatic carboxylic acids is 1. The van der Waals surface area contributed by atoms with E-state index in [0.717, 1.165) is 5.56 Å². The lowest BCUT2D eigenvalue weighted by Crippen LogP contribution is -2.48. The predicted molar refractivity (Wildman–Crippen MR) is 92.2 cm³/mol. The zero-order valence-electron chi connectivity index (χ0n) is 13.6. The van der Waals surface area contributed by atoms with Crippen LogP contribution in [0.2, 0.25) is 0 Å². The number of halogens is 5. The lowest BCUT2D eigenvalue weighted by atomic mass is 10.1. The van der Waals surface area contributed by atoms with Crippen LogP contribution >= 0.6 is 24.8 Å². The van der Waals surface area contributed by atoms with E-state index in [-0.39, 0.29) is 36.1 Å². The first-order valence-corrected chi connectivity index (χ1v) is 7.20. The fourth-order valence-corrected chi connectivity index (χ4v) is 2.64. The number of hydrogen-bond acceptors (Lipinski definition) is 4. The van der Waals surface area contributed by atoms with E-state index >= 15 is 0 Å². The van der Waals surface area contributed by atoms with Gasteiger partial charge in [0.1, 0.15) is 11.3 Å². The van der Waals surface area contributed by atoms with E-state index in [0.29, 0.717) is 32.7 Å². The summed E-state index contributed by atoms with van der Waals surface area (Å²) in [5, 5.41) is 9.16. The quantitative estimate of drug-likeness (QED) is 0.817. The summed E-state index contributed by atoms with van der Waals surface area (Å²) in [4.78, 5) is 14.6. The van der Waals surface area contributed by atoms with Crippen LogP contribution in [0.1, 0.15) is 15.9 Å². The zero-order chi connectivity index (χ0) is 17.0. The number of ether oxygens (including phenoxy) is 1. The first-order valence-electron chi connectivity index (χ1n) is 7.20. The number of hydrogen-bond donors (Lipinski definition) is 1. The first kappa shape index (κ1) is 23.8. The van der Waals surface area contributed by atoms with Crippen molar-refractivity contribution >= 4 is 30.8 Å². The van der Waals surface area contributed by atoms with Crippen LogP contribution in [0.3, 0.4) is 0 Å². The van der Waals surface area contributed by atoms with Gasteiger partial charge in [-0.3, -0.25) is 9.80 Å². The Bertz CT molecular complexity index is 565. The number of nitrogens with zero attached hydrogens (tertiary/aromatic N) is 2. The summed E-state index contributed by atoms with van der Waals surface area (Å²) in [6.07, 6.45) is -4.17. The third-order valence-corrected chi connectivity index (χ3v) is 3.77. The van der Waals surface area contributed by atoms with Crippen molar-refractivity contribution in [3.8, 4) is 5.75 Å². The molecule has 1 aromatic carbocycles. The van der Waals surface area contributed by atoms with Crippen molar-refractivity contribution in [2.24, 2.45) is 0 Å². The van der Waals surface area contributed by atoms with Crippen LogP contribution < -0.4 is 4.74 Å². The van der Waals surface area contributed by atoms with Gasteiger partial charge in [0.05, 0.1) is 13.7 Å². The fourth-order valence-electron chi connectivity index (χ4n) is 2.64. The Morgan fingerprint density at radius 1 is 1.16 bits per heavy atom. The molecule has 5 nitrogen and oxygen atoms in total. The van der Waals surface area contributed by atoms with Crippen molar-refractivity contribution < 1.29 is 27.8 Å². The highest BCUT2D eigenvalue weighted by Gasteiger charge is 2.32. The third-order valence-electron chi connectivity index (χ3n) is 3.77. The van der Waals surface area contributed by atoms with Crippen LogP contribution in [0.15, 0.2) is 18.2 Å². The number of alkyl halides is 3. The number of carboxylic acid groups (broad SMARTS) is 1. The number of piperazine rings is 1. The first-order chi connectivity index (χ1) is 10.8. The Kier molecular flexibility index (Phi) is 9.57. The van der Waals surface area contributed by atoms with E-state index < -0.39 is 18.7 Å². The van der Waals surface area contributed by atoms with Crippen molar-refractivity contribution in [1.82, 2.24) is 9.80 Å². The van der Waals surface area contributed by atoms with Gasteiger partial charge in [-0.25, -0.2) is 4.79 Å². The monoisotopic (exact) mass is 404 g/mol. The van der Waals surface area contributed by atoms with Crippen LogP contribution in [-0.2, 0) is 6.54 Å². The van der Waals surface area contributed by atoms with Crippen molar-refractivity contribution in [3.05, 3.63) is 29.3 Å². The molecule has 1 aromatic rings. The van der Waals surface area contributed by atoms with Crippen molar-refractivity contribution in [2.75, 3.05) is 39.8 Å². The summed E-state index contributed by atoms with van der Waals surface area (Å²) < 4.78 is 42.1. The van der Waals surface area contributed by atoms with Crippen molar-refractivity contribution in [1.29, 1.82) is 0 Å². The van der Waals surface area contributed by atoms with Crippen LogP contribution in [0.5, 0.6) is 5.75 Å². The zero-order valence-corrected chi connectivity index (χ0v) is 15.2. The smallest absolute Gasteiger partial charge is 0.401 e. The van der Waals surface area contributed by atoms with Crippen molar-refractivity contribution in [3.63, 3.8) is 0 Å². The summed E-state index contributed by atoms with van der Waals surface area (Å²) in [6, 6.07) is 4.91. The average molecular weight is 405 g/mol. The maximum absolute atomic E-state index is 12.4. The highest BCUT2D eigenvalue weighted by atomic mass is 35.5. The summed E-state index contributed by atoms with van der Waals surface area (Å²) >= 11 is 0. The minimum Gasteiger partial charge on any atom is -0.496 e. The summed E-state index contributed by atoms with van der Waals surface area (Å²) in [5.41, 5.74) is 0.883. The third kappa shape index (κ3) is 7.27. The number of rotatable bonds is 5. The molecule has 1 fully saturated rings.